The maximum absolute atomic E-state index is 12.8. The number of amides is 1. The van der Waals surface area contributed by atoms with Crippen molar-refractivity contribution in [2.24, 2.45) is 0 Å². The molecule has 0 radical (unpaired) electrons. The summed E-state index contributed by atoms with van der Waals surface area (Å²) in [5.74, 6) is -0.149. The molecule has 1 amide bonds. The van der Waals surface area contributed by atoms with Crippen molar-refractivity contribution in [1.82, 2.24) is 20.2 Å². The van der Waals surface area contributed by atoms with Crippen LogP contribution in [0.15, 0.2) is 54.9 Å². The molecule has 0 atom stereocenters. The Hall–Kier alpha value is -3.22. The number of tetrazole rings is 1. The van der Waals surface area contributed by atoms with E-state index in [1.54, 1.807) is 12.1 Å². The lowest BCUT2D eigenvalue weighted by atomic mass is 10.1. The van der Waals surface area contributed by atoms with Gasteiger partial charge in [0.25, 0.3) is 5.91 Å². The summed E-state index contributed by atoms with van der Waals surface area (Å²) in [6.45, 7) is 2.06. The molecule has 3 aromatic rings. The van der Waals surface area contributed by atoms with E-state index < -0.39 is 0 Å². The fourth-order valence-electron chi connectivity index (χ4n) is 3.25. The maximum atomic E-state index is 12.8. The highest BCUT2D eigenvalue weighted by Crippen LogP contribution is 2.28. The van der Waals surface area contributed by atoms with Crippen LogP contribution in [0.25, 0.3) is 5.69 Å². The highest BCUT2D eigenvalue weighted by atomic mass is 16.1. The normalized spacial score (nSPS) is 14.2. The van der Waals surface area contributed by atoms with Crippen molar-refractivity contribution in [3.05, 3.63) is 60.4 Å². The molecule has 7 nitrogen and oxygen atoms in total. The van der Waals surface area contributed by atoms with E-state index in [0.717, 1.165) is 30.2 Å². The number of aromatic nitrogens is 4. The minimum absolute atomic E-state index is 0.149. The van der Waals surface area contributed by atoms with Crippen LogP contribution in [0.3, 0.4) is 0 Å². The second-order valence-corrected chi connectivity index (χ2v) is 6.32. The monoisotopic (exact) mass is 348 g/mol. The van der Waals surface area contributed by atoms with Gasteiger partial charge in [-0.2, -0.15) is 0 Å². The van der Waals surface area contributed by atoms with Gasteiger partial charge >= 0.3 is 0 Å². The van der Waals surface area contributed by atoms with Crippen LogP contribution in [0.5, 0.6) is 0 Å². The van der Waals surface area contributed by atoms with Crippen LogP contribution < -0.4 is 10.2 Å². The van der Waals surface area contributed by atoms with Gasteiger partial charge in [0, 0.05) is 18.7 Å². The van der Waals surface area contributed by atoms with Crippen LogP contribution in [-0.4, -0.2) is 39.2 Å². The molecule has 2 heterocycles. The molecule has 1 saturated heterocycles. The zero-order valence-corrected chi connectivity index (χ0v) is 14.4. The molecule has 0 spiro atoms. The van der Waals surface area contributed by atoms with Crippen LogP contribution in [0.4, 0.5) is 11.4 Å². The molecule has 1 aliphatic rings. The summed E-state index contributed by atoms with van der Waals surface area (Å²) in [6.07, 6.45) is 5.16. The maximum Gasteiger partial charge on any atom is 0.255 e. The van der Waals surface area contributed by atoms with Gasteiger partial charge in [0.1, 0.15) is 6.33 Å². The number of hydrogen-bond donors (Lipinski definition) is 1. The SMILES string of the molecule is O=C(Nc1ccccc1N1CCCCC1)c1cccc(-n2cnnn2)c1. The van der Waals surface area contributed by atoms with E-state index in [-0.39, 0.29) is 5.91 Å². The first kappa shape index (κ1) is 16.3. The van der Waals surface area contributed by atoms with Crippen LogP contribution in [0.2, 0.25) is 0 Å². The van der Waals surface area contributed by atoms with Crippen LogP contribution in [-0.2, 0) is 0 Å². The average molecular weight is 348 g/mol. The number of nitrogens with one attached hydrogen (secondary N) is 1. The van der Waals surface area contributed by atoms with Gasteiger partial charge in [-0.25, -0.2) is 4.68 Å². The molecule has 0 saturated carbocycles. The molecule has 1 aliphatic heterocycles. The zero-order chi connectivity index (χ0) is 17.8. The molecule has 1 N–H and O–H groups in total. The number of nitrogens with zero attached hydrogens (tertiary/aromatic N) is 5. The first-order chi connectivity index (χ1) is 12.8. The Morgan fingerprint density at radius 1 is 1.00 bits per heavy atom. The van der Waals surface area contributed by atoms with E-state index in [0.29, 0.717) is 5.56 Å². The quantitative estimate of drug-likeness (QED) is 0.784. The Morgan fingerprint density at radius 2 is 1.85 bits per heavy atom. The van der Waals surface area contributed by atoms with Crippen molar-refractivity contribution in [2.75, 3.05) is 23.3 Å². The zero-order valence-electron chi connectivity index (χ0n) is 14.4. The van der Waals surface area contributed by atoms with Gasteiger partial charge in [-0.1, -0.05) is 18.2 Å². The Kier molecular flexibility index (Phi) is 4.59. The summed E-state index contributed by atoms with van der Waals surface area (Å²) in [5.41, 5.74) is 3.22. The Labute approximate surface area is 151 Å². The van der Waals surface area contributed by atoms with Gasteiger partial charge in [-0.3, -0.25) is 4.79 Å². The van der Waals surface area contributed by atoms with E-state index in [4.69, 9.17) is 0 Å². The van der Waals surface area contributed by atoms with Crippen molar-refractivity contribution >= 4 is 17.3 Å². The number of para-hydroxylation sites is 2. The van der Waals surface area contributed by atoms with Gasteiger partial charge in [-0.15, -0.1) is 5.10 Å². The number of carbonyl (C=O) groups is 1. The minimum Gasteiger partial charge on any atom is -0.370 e. The molecule has 132 valence electrons. The topological polar surface area (TPSA) is 75.9 Å². The van der Waals surface area contributed by atoms with E-state index >= 15 is 0 Å². The molecule has 0 aliphatic carbocycles. The second kappa shape index (κ2) is 7.35. The highest BCUT2D eigenvalue weighted by Gasteiger charge is 2.16. The van der Waals surface area contributed by atoms with Crippen LogP contribution >= 0.6 is 0 Å². The smallest absolute Gasteiger partial charge is 0.255 e. The summed E-state index contributed by atoms with van der Waals surface area (Å²) in [6, 6.07) is 15.2. The Balaban J connectivity index is 1.56. The lowest BCUT2D eigenvalue weighted by molar-refractivity contribution is 0.102. The summed E-state index contributed by atoms with van der Waals surface area (Å²) in [7, 11) is 0. The third kappa shape index (κ3) is 3.42. The number of piperidine rings is 1. The van der Waals surface area contributed by atoms with E-state index in [1.165, 1.54) is 30.3 Å². The van der Waals surface area contributed by atoms with Gasteiger partial charge in [-0.05, 0) is 60.0 Å². The predicted octanol–water partition coefficient (Wildman–Crippen LogP) is 2.90. The number of rotatable bonds is 4. The van der Waals surface area contributed by atoms with Crippen molar-refractivity contribution in [2.45, 2.75) is 19.3 Å². The lowest BCUT2D eigenvalue weighted by Gasteiger charge is -2.30. The molecular formula is C19H20N6O. The number of hydrogen-bond acceptors (Lipinski definition) is 5. The van der Waals surface area contributed by atoms with E-state index in [2.05, 4.69) is 31.8 Å². The summed E-state index contributed by atoms with van der Waals surface area (Å²) >= 11 is 0. The Morgan fingerprint density at radius 3 is 2.65 bits per heavy atom. The minimum atomic E-state index is -0.149. The molecule has 0 unspecified atom stereocenters. The molecule has 1 fully saturated rings. The summed E-state index contributed by atoms with van der Waals surface area (Å²) in [4.78, 5) is 15.1. The molecule has 2 aromatic carbocycles. The van der Waals surface area contributed by atoms with Crippen molar-refractivity contribution in [3.63, 3.8) is 0 Å². The van der Waals surface area contributed by atoms with E-state index in [1.807, 2.05) is 30.3 Å². The Bertz CT molecular complexity index is 887. The average Bonchev–Trinajstić information content (AvgIpc) is 3.24. The van der Waals surface area contributed by atoms with Crippen molar-refractivity contribution < 1.29 is 4.79 Å². The summed E-state index contributed by atoms with van der Waals surface area (Å²) in [5, 5.41) is 14.2. The molecule has 26 heavy (non-hydrogen) atoms. The standard InChI is InChI=1S/C19H20N6O/c26-19(15-7-6-8-16(13-15)25-14-20-22-23-25)21-17-9-2-3-10-18(17)24-11-4-1-5-12-24/h2-3,6-10,13-14H,1,4-5,11-12H2,(H,21,26). The third-order valence-corrected chi connectivity index (χ3v) is 4.57. The summed E-state index contributed by atoms with van der Waals surface area (Å²) < 4.78 is 1.53. The molecular weight excluding hydrogens is 328 g/mol. The third-order valence-electron chi connectivity index (χ3n) is 4.57. The fraction of sp³-hybridized carbons (Fsp3) is 0.263. The number of carbonyl (C=O) groups excluding carboxylic acids is 1. The number of benzene rings is 2. The van der Waals surface area contributed by atoms with Gasteiger partial charge in [0.2, 0.25) is 0 Å². The highest BCUT2D eigenvalue weighted by molar-refractivity contribution is 6.06. The lowest BCUT2D eigenvalue weighted by Crippen LogP contribution is -2.30. The van der Waals surface area contributed by atoms with Gasteiger partial charge in [0.15, 0.2) is 0 Å². The van der Waals surface area contributed by atoms with Crippen LogP contribution in [0.1, 0.15) is 29.6 Å². The number of anilines is 2. The van der Waals surface area contributed by atoms with Gasteiger partial charge < -0.3 is 10.2 Å². The molecule has 7 heteroatoms. The second-order valence-electron chi connectivity index (χ2n) is 6.32. The van der Waals surface area contributed by atoms with E-state index in [9.17, 15) is 4.79 Å². The van der Waals surface area contributed by atoms with Gasteiger partial charge in [0.05, 0.1) is 17.1 Å². The van der Waals surface area contributed by atoms with Crippen molar-refractivity contribution in [3.8, 4) is 5.69 Å². The predicted molar refractivity (Wildman–Crippen MR) is 99.6 cm³/mol. The van der Waals surface area contributed by atoms with Crippen molar-refractivity contribution in [1.29, 1.82) is 0 Å². The van der Waals surface area contributed by atoms with Crippen LogP contribution in [0, 0.1) is 0 Å². The molecule has 0 bridgehead atoms. The molecule has 1 aromatic heterocycles. The first-order valence-electron chi connectivity index (χ1n) is 8.80. The first-order valence-corrected chi connectivity index (χ1v) is 8.80. The molecule has 4 rings (SSSR count). The fourth-order valence-corrected chi connectivity index (χ4v) is 3.25. The largest absolute Gasteiger partial charge is 0.370 e.